The van der Waals surface area contributed by atoms with E-state index in [1.54, 1.807) is 25.7 Å². The Kier molecular flexibility index (Phi) is 5.90. The second-order valence-electron chi connectivity index (χ2n) is 7.23. The summed E-state index contributed by atoms with van der Waals surface area (Å²) < 4.78 is 7.11. The number of pyridine rings is 1. The van der Waals surface area contributed by atoms with Crippen molar-refractivity contribution < 1.29 is 9.53 Å². The Morgan fingerprint density at radius 3 is 2.86 bits per heavy atom. The SMILES string of the molecule is COCc1cccc(C(=O)NC2CCC(n3cc(-c4ccncn4)cn3)CC2)n1. The van der Waals surface area contributed by atoms with Crippen molar-refractivity contribution in [3.63, 3.8) is 0 Å². The fraction of sp³-hybridized carbons (Fsp3) is 0.381. The molecule has 0 saturated heterocycles. The summed E-state index contributed by atoms with van der Waals surface area (Å²) >= 11 is 0. The molecule has 3 aromatic heterocycles. The second kappa shape index (κ2) is 8.91. The molecule has 0 radical (unpaired) electrons. The van der Waals surface area contributed by atoms with Gasteiger partial charge in [-0.1, -0.05) is 6.07 Å². The number of hydrogen-bond donors (Lipinski definition) is 1. The Hall–Kier alpha value is -3.13. The van der Waals surface area contributed by atoms with E-state index in [2.05, 4.69) is 25.4 Å². The lowest BCUT2D eigenvalue weighted by atomic mass is 9.91. The van der Waals surface area contributed by atoms with Crippen molar-refractivity contribution >= 4 is 5.91 Å². The van der Waals surface area contributed by atoms with Crippen LogP contribution in [0.1, 0.15) is 47.9 Å². The van der Waals surface area contributed by atoms with Gasteiger partial charge in [0, 0.05) is 31.1 Å². The molecule has 3 aromatic rings. The van der Waals surface area contributed by atoms with Crippen LogP contribution < -0.4 is 5.32 Å². The third kappa shape index (κ3) is 4.65. The summed E-state index contributed by atoms with van der Waals surface area (Å²) in [6.45, 7) is 0.396. The van der Waals surface area contributed by atoms with E-state index >= 15 is 0 Å². The van der Waals surface area contributed by atoms with Crippen molar-refractivity contribution in [3.8, 4) is 11.3 Å². The van der Waals surface area contributed by atoms with E-state index in [1.807, 2.05) is 35.3 Å². The number of carbonyl (C=O) groups is 1. The van der Waals surface area contributed by atoms with Gasteiger partial charge in [-0.15, -0.1) is 0 Å². The molecule has 1 aliphatic carbocycles. The zero-order chi connectivity index (χ0) is 20.1. The van der Waals surface area contributed by atoms with E-state index in [-0.39, 0.29) is 11.9 Å². The molecule has 29 heavy (non-hydrogen) atoms. The van der Waals surface area contributed by atoms with E-state index in [1.165, 1.54) is 0 Å². The predicted molar refractivity (Wildman–Crippen MR) is 107 cm³/mol. The molecule has 4 rings (SSSR count). The Labute approximate surface area is 169 Å². The quantitative estimate of drug-likeness (QED) is 0.693. The Bertz CT molecular complexity index is 951. The molecule has 1 amide bonds. The third-order valence-electron chi connectivity index (χ3n) is 5.22. The maximum Gasteiger partial charge on any atom is 0.270 e. The smallest absolute Gasteiger partial charge is 0.270 e. The molecule has 1 fully saturated rings. The zero-order valence-electron chi connectivity index (χ0n) is 16.4. The number of hydrogen-bond acceptors (Lipinski definition) is 6. The van der Waals surface area contributed by atoms with Gasteiger partial charge in [0.25, 0.3) is 5.91 Å². The van der Waals surface area contributed by atoms with E-state index in [4.69, 9.17) is 4.74 Å². The van der Waals surface area contributed by atoms with Gasteiger partial charge >= 0.3 is 0 Å². The number of nitrogens with zero attached hydrogens (tertiary/aromatic N) is 5. The monoisotopic (exact) mass is 392 g/mol. The number of methoxy groups -OCH3 is 1. The summed E-state index contributed by atoms with van der Waals surface area (Å²) in [6, 6.07) is 7.79. The van der Waals surface area contributed by atoms with Crippen molar-refractivity contribution in [3.05, 3.63) is 60.6 Å². The van der Waals surface area contributed by atoms with Crippen molar-refractivity contribution in [2.75, 3.05) is 7.11 Å². The highest BCUT2D eigenvalue weighted by molar-refractivity contribution is 5.92. The predicted octanol–water partition coefficient (Wildman–Crippen LogP) is 2.80. The number of amides is 1. The number of aromatic nitrogens is 5. The summed E-state index contributed by atoms with van der Waals surface area (Å²) in [5, 5.41) is 7.64. The van der Waals surface area contributed by atoms with Gasteiger partial charge in [-0.2, -0.15) is 5.10 Å². The van der Waals surface area contributed by atoms with E-state index < -0.39 is 0 Å². The van der Waals surface area contributed by atoms with E-state index in [9.17, 15) is 4.79 Å². The fourth-order valence-electron chi connectivity index (χ4n) is 3.71. The molecule has 1 aliphatic rings. The van der Waals surface area contributed by atoms with Crippen LogP contribution in [0.5, 0.6) is 0 Å². The molecule has 0 bridgehead atoms. The van der Waals surface area contributed by atoms with Crippen LogP contribution in [0.3, 0.4) is 0 Å². The minimum atomic E-state index is -0.128. The number of ether oxygens (including phenoxy) is 1. The molecule has 150 valence electrons. The van der Waals surface area contributed by atoms with Gasteiger partial charge in [-0.25, -0.2) is 15.0 Å². The minimum absolute atomic E-state index is 0.128. The van der Waals surface area contributed by atoms with Crippen LogP contribution in [0.15, 0.2) is 49.2 Å². The van der Waals surface area contributed by atoms with Crippen molar-refractivity contribution in [1.82, 2.24) is 30.0 Å². The summed E-state index contributed by atoms with van der Waals surface area (Å²) in [5.74, 6) is -0.128. The van der Waals surface area contributed by atoms with Crippen molar-refractivity contribution in [2.24, 2.45) is 0 Å². The van der Waals surface area contributed by atoms with Gasteiger partial charge in [0.1, 0.15) is 12.0 Å². The maximum atomic E-state index is 12.5. The van der Waals surface area contributed by atoms with Crippen LogP contribution in [0.25, 0.3) is 11.3 Å². The first-order chi connectivity index (χ1) is 14.2. The van der Waals surface area contributed by atoms with Gasteiger partial charge < -0.3 is 10.1 Å². The van der Waals surface area contributed by atoms with Crippen LogP contribution in [-0.2, 0) is 11.3 Å². The maximum absolute atomic E-state index is 12.5. The molecular formula is C21H24N6O2. The fourth-order valence-corrected chi connectivity index (χ4v) is 3.71. The molecule has 0 atom stereocenters. The number of carbonyl (C=O) groups excluding carboxylic acids is 1. The lowest BCUT2D eigenvalue weighted by Gasteiger charge is -2.29. The average molecular weight is 392 g/mol. The zero-order valence-corrected chi connectivity index (χ0v) is 16.4. The van der Waals surface area contributed by atoms with Crippen LogP contribution in [0, 0.1) is 0 Å². The van der Waals surface area contributed by atoms with E-state index in [0.29, 0.717) is 18.3 Å². The number of nitrogens with one attached hydrogen (secondary N) is 1. The van der Waals surface area contributed by atoms with Crippen LogP contribution in [-0.4, -0.2) is 43.8 Å². The highest BCUT2D eigenvalue weighted by Gasteiger charge is 2.25. The first-order valence-corrected chi connectivity index (χ1v) is 9.79. The topological polar surface area (TPSA) is 94.8 Å². The molecule has 1 saturated carbocycles. The second-order valence-corrected chi connectivity index (χ2v) is 7.23. The lowest BCUT2D eigenvalue weighted by molar-refractivity contribution is 0.0915. The molecule has 8 heteroatoms. The van der Waals surface area contributed by atoms with Gasteiger partial charge in [0.05, 0.1) is 30.2 Å². The standard InChI is InChI=1S/C21H24N6O2/c1-29-13-17-3-2-4-20(25-17)21(28)26-16-5-7-18(8-6-16)27-12-15(11-24-27)19-9-10-22-14-23-19/h2-4,9-12,14,16,18H,5-8,13H2,1H3,(H,26,28). The van der Waals surface area contributed by atoms with Crippen LogP contribution in [0.4, 0.5) is 0 Å². The summed E-state index contributed by atoms with van der Waals surface area (Å²) in [7, 11) is 1.61. The lowest BCUT2D eigenvalue weighted by Crippen LogP contribution is -2.38. The van der Waals surface area contributed by atoms with Crippen molar-refractivity contribution in [1.29, 1.82) is 0 Å². The third-order valence-corrected chi connectivity index (χ3v) is 5.22. The minimum Gasteiger partial charge on any atom is -0.378 e. The van der Waals surface area contributed by atoms with Gasteiger partial charge in [-0.05, 0) is 43.9 Å². The molecular weight excluding hydrogens is 368 g/mol. The van der Waals surface area contributed by atoms with E-state index in [0.717, 1.165) is 42.6 Å². The largest absolute Gasteiger partial charge is 0.378 e. The molecule has 1 N–H and O–H groups in total. The summed E-state index contributed by atoms with van der Waals surface area (Å²) in [5.41, 5.74) is 3.05. The van der Waals surface area contributed by atoms with Gasteiger partial charge in [0.15, 0.2) is 0 Å². The van der Waals surface area contributed by atoms with Crippen molar-refractivity contribution in [2.45, 2.75) is 44.4 Å². The molecule has 0 aromatic carbocycles. The average Bonchev–Trinajstić information content (AvgIpc) is 3.26. The highest BCUT2D eigenvalue weighted by atomic mass is 16.5. The Morgan fingerprint density at radius 1 is 1.24 bits per heavy atom. The molecule has 0 aliphatic heterocycles. The normalized spacial score (nSPS) is 19.1. The molecule has 3 heterocycles. The van der Waals surface area contributed by atoms with Crippen LogP contribution in [0.2, 0.25) is 0 Å². The summed E-state index contributed by atoms with van der Waals surface area (Å²) in [4.78, 5) is 25.1. The number of rotatable bonds is 6. The Morgan fingerprint density at radius 2 is 2.10 bits per heavy atom. The molecule has 0 unspecified atom stereocenters. The van der Waals surface area contributed by atoms with Gasteiger partial charge in [-0.3, -0.25) is 9.48 Å². The summed E-state index contributed by atoms with van der Waals surface area (Å²) in [6.07, 6.45) is 10.9. The first-order valence-electron chi connectivity index (χ1n) is 9.79. The van der Waals surface area contributed by atoms with Gasteiger partial charge in [0.2, 0.25) is 0 Å². The molecule has 0 spiro atoms. The highest BCUT2D eigenvalue weighted by Crippen LogP contribution is 2.29. The van der Waals surface area contributed by atoms with Crippen LogP contribution >= 0.6 is 0 Å². The first kappa shape index (κ1) is 19.2. The Balaban J connectivity index is 1.32. The molecule has 8 nitrogen and oxygen atoms in total.